The quantitative estimate of drug-likeness (QED) is 0.257. The minimum Gasteiger partial charge on any atom is -0.355 e. The summed E-state index contributed by atoms with van der Waals surface area (Å²) in [5.74, 6) is 0. The third-order valence-electron chi connectivity index (χ3n) is 8.97. The molecular formula is C36H46MnN4. The average molecular weight is 590 g/mol. The molecule has 0 atom stereocenters. The second kappa shape index (κ2) is 13.0. The SMILES string of the molecule is CCC1=C(CC)c2cc3[nH]c(cc4[nH]c(cc5nc(cc1n2)C(CC)=C5CC)c(CC)c4CC)c(CC)c3CC.[Mn]. The summed E-state index contributed by atoms with van der Waals surface area (Å²) in [5.41, 5.74) is 20.2. The summed E-state index contributed by atoms with van der Waals surface area (Å²) in [7, 11) is 0. The monoisotopic (exact) mass is 589 g/mol. The standard InChI is InChI=1S/C36H46N4.Mn/c1-9-21-22(10-2)30-18-32-25(13-5)26(14-6)34(39-32)20-36-28(16-8)27(15-7)35(40-36)19-33-24(12-4)23(11-3)31(38-33)17-29(21)37-30;/h17-20,37-38H,9-16H2,1-8H3;. The number of aromatic nitrogens is 4. The molecule has 0 aliphatic carbocycles. The van der Waals surface area contributed by atoms with E-state index in [9.17, 15) is 0 Å². The van der Waals surface area contributed by atoms with Gasteiger partial charge in [-0.05, 0) is 120 Å². The molecule has 2 aliphatic heterocycles. The summed E-state index contributed by atoms with van der Waals surface area (Å²) in [4.78, 5) is 18.2. The van der Waals surface area contributed by atoms with Gasteiger partial charge in [-0.25, -0.2) is 9.97 Å². The second-order valence-electron chi connectivity index (χ2n) is 10.9. The molecule has 3 aromatic heterocycles. The van der Waals surface area contributed by atoms with E-state index in [1.54, 1.807) is 0 Å². The fourth-order valence-electron chi connectivity index (χ4n) is 7.10. The van der Waals surface area contributed by atoms with Gasteiger partial charge < -0.3 is 9.97 Å². The molecule has 0 aromatic carbocycles. The summed E-state index contributed by atoms with van der Waals surface area (Å²) in [6.07, 6.45) is 7.84. The van der Waals surface area contributed by atoms with Gasteiger partial charge in [0.2, 0.25) is 0 Å². The molecule has 8 bridgehead atoms. The molecule has 41 heavy (non-hydrogen) atoms. The van der Waals surface area contributed by atoms with E-state index in [0.29, 0.717) is 0 Å². The molecule has 4 nitrogen and oxygen atoms in total. The predicted octanol–water partition coefficient (Wildman–Crippen LogP) is 10.0. The molecule has 0 spiro atoms. The Balaban J connectivity index is 0.00000387. The van der Waals surface area contributed by atoms with Crippen molar-refractivity contribution in [2.24, 2.45) is 0 Å². The van der Waals surface area contributed by atoms with E-state index in [1.807, 2.05) is 0 Å². The van der Waals surface area contributed by atoms with Crippen molar-refractivity contribution < 1.29 is 17.1 Å². The Hall–Kier alpha value is -2.88. The number of hydrogen-bond donors (Lipinski definition) is 2. The van der Waals surface area contributed by atoms with E-state index >= 15 is 0 Å². The molecule has 1 radical (unpaired) electrons. The van der Waals surface area contributed by atoms with Gasteiger partial charge in [0.05, 0.1) is 22.8 Å². The normalized spacial score (nSPS) is 13.3. The number of nitrogens with zero attached hydrogens (tertiary/aromatic N) is 2. The molecule has 5 rings (SSSR count). The van der Waals surface area contributed by atoms with Gasteiger partial charge in [0.15, 0.2) is 0 Å². The number of fused-ring (bicyclic) bond motifs is 8. The molecule has 3 aromatic rings. The topological polar surface area (TPSA) is 57.4 Å². The van der Waals surface area contributed by atoms with Crippen molar-refractivity contribution >= 4 is 44.4 Å². The van der Waals surface area contributed by atoms with Crippen LogP contribution in [0.4, 0.5) is 0 Å². The largest absolute Gasteiger partial charge is 0.355 e. The van der Waals surface area contributed by atoms with Gasteiger partial charge in [-0.15, -0.1) is 0 Å². The Morgan fingerprint density at radius 2 is 0.659 bits per heavy atom. The number of nitrogens with one attached hydrogen (secondary N) is 2. The first kappa shape index (κ1) is 31.1. The Morgan fingerprint density at radius 1 is 0.390 bits per heavy atom. The fraction of sp³-hybridized carbons (Fsp3) is 0.444. The summed E-state index contributed by atoms with van der Waals surface area (Å²) < 4.78 is 0. The van der Waals surface area contributed by atoms with Crippen molar-refractivity contribution in [3.8, 4) is 0 Å². The van der Waals surface area contributed by atoms with Gasteiger partial charge in [0.1, 0.15) is 0 Å². The summed E-state index contributed by atoms with van der Waals surface area (Å²) in [6, 6.07) is 9.24. The maximum absolute atomic E-state index is 5.28. The fourth-order valence-corrected chi connectivity index (χ4v) is 7.10. The first-order chi connectivity index (χ1) is 19.5. The zero-order valence-electron chi connectivity index (χ0n) is 26.2. The van der Waals surface area contributed by atoms with E-state index in [-0.39, 0.29) is 17.1 Å². The molecule has 217 valence electrons. The van der Waals surface area contributed by atoms with Crippen LogP contribution < -0.4 is 0 Å². The van der Waals surface area contributed by atoms with Gasteiger partial charge in [-0.1, -0.05) is 55.4 Å². The molecule has 0 amide bonds. The minimum absolute atomic E-state index is 0. The molecule has 0 saturated heterocycles. The number of hydrogen-bond acceptors (Lipinski definition) is 2. The van der Waals surface area contributed by atoms with Crippen LogP contribution in [0.3, 0.4) is 0 Å². The first-order valence-corrected chi connectivity index (χ1v) is 15.7. The van der Waals surface area contributed by atoms with E-state index in [4.69, 9.17) is 9.97 Å². The minimum atomic E-state index is 0. The predicted molar refractivity (Wildman–Crippen MR) is 173 cm³/mol. The van der Waals surface area contributed by atoms with Crippen LogP contribution in [-0.4, -0.2) is 19.9 Å². The number of rotatable bonds is 8. The number of allylic oxidation sites excluding steroid dienone is 4. The zero-order valence-corrected chi connectivity index (χ0v) is 27.4. The van der Waals surface area contributed by atoms with Crippen molar-refractivity contribution in [3.05, 3.63) is 69.3 Å². The Kier molecular flexibility index (Phi) is 9.82. The molecule has 0 saturated carbocycles. The maximum atomic E-state index is 5.28. The van der Waals surface area contributed by atoms with Crippen molar-refractivity contribution in [2.75, 3.05) is 0 Å². The van der Waals surface area contributed by atoms with Crippen LogP contribution in [-0.2, 0) is 42.8 Å². The summed E-state index contributed by atoms with van der Waals surface area (Å²) in [5, 5.41) is 0. The Bertz CT molecular complexity index is 1560. The van der Waals surface area contributed by atoms with E-state index in [1.165, 1.54) is 66.6 Å². The molecule has 0 unspecified atom stereocenters. The van der Waals surface area contributed by atoms with Crippen molar-refractivity contribution in [1.29, 1.82) is 0 Å². The van der Waals surface area contributed by atoms with Gasteiger partial charge in [0, 0.05) is 39.1 Å². The smallest absolute Gasteiger partial charge is 0.0694 e. The van der Waals surface area contributed by atoms with Crippen LogP contribution in [0.2, 0.25) is 0 Å². The molecule has 0 fully saturated rings. The van der Waals surface area contributed by atoms with Crippen molar-refractivity contribution in [3.63, 3.8) is 0 Å². The van der Waals surface area contributed by atoms with Crippen molar-refractivity contribution in [2.45, 2.75) is 107 Å². The Labute approximate surface area is 256 Å². The Morgan fingerprint density at radius 3 is 0.927 bits per heavy atom. The second-order valence-corrected chi connectivity index (χ2v) is 10.9. The van der Waals surface area contributed by atoms with Crippen LogP contribution in [0.25, 0.3) is 44.4 Å². The number of aryl methyl sites for hydroxylation is 4. The van der Waals surface area contributed by atoms with Crippen LogP contribution in [0.1, 0.15) is 126 Å². The molecule has 2 aliphatic rings. The molecule has 5 heterocycles. The third-order valence-corrected chi connectivity index (χ3v) is 8.97. The van der Waals surface area contributed by atoms with Crippen molar-refractivity contribution in [1.82, 2.24) is 19.9 Å². The van der Waals surface area contributed by atoms with Gasteiger partial charge in [-0.3, -0.25) is 0 Å². The van der Waals surface area contributed by atoms with Gasteiger partial charge in [-0.2, -0.15) is 0 Å². The van der Waals surface area contributed by atoms with E-state index < -0.39 is 0 Å². The number of aromatic amines is 2. The summed E-state index contributed by atoms with van der Waals surface area (Å²) in [6.45, 7) is 18.1. The summed E-state index contributed by atoms with van der Waals surface area (Å²) >= 11 is 0. The van der Waals surface area contributed by atoms with E-state index in [0.717, 1.165) is 74.1 Å². The van der Waals surface area contributed by atoms with Crippen LogP contribution >= 0.6 is 0 Å². The van der Waals surface area contributed by atoms with Crippen LogP contribution in [0, 0.1) is 0 Å². The molecule has 2 N–H and O–H groups in total. The average Bonchev–Trinajstić information content (AvgIpc) is 3.67. The first-order valence-electron chi connectivity index (χ1n) is 15.7. The number of H-pyrrole nitrogens is 2. The molecule has 5 heteroatoms. The van der Waals surface area contributed by atoms with Crippen LogP contribution in [0.15, 0.2) is 24.3 Å². The third kappa shape index (κ3) is 5.28. The van der Waals surface area contributed by atoms with E-state index in [2.05, 4.69) is 89.6 Å². The zero-order chi connectivity index (χ0) is 28.6. The van der Waals surface area contributed by atoms with Gasteiger partial charge >= 0.3 is 0 Å². The maximum Gasteiger partial charge on any atom is 0.0694 e. The van der Waals surface area contributed by atoms with Crippen LogP contribution in [0.5, 0.6) is 0 Å². The van der Waals surface area contributed by atoms with Gasteiger partial charge in [0.25, 0.3) is 0 Å². The molecular weight excluding hydrogens is 543 g/mol.